The highest BCUT2D eigenvalue weighted by Gasteiger charge is 2.49. The molecule has 0 bridgehead atoms. The summed E-state index contributed by atoms with van der Waals surface area (Å²) in [6.07, 6.45) is 7.89. The predicted molar refractivity (Wildman–Crippen MR) is 124 cm³/mol. The van der Waals surface area contributed by atoms with E-state index >= 15 is 0 Å². The fourth-order valence-electron chi connectivity index (χ4n) is 4.44. The second kappa shape index (κ2) is 7.92. The van der Waals surface area contributed by atoms with Crippen molar-refractivity contribution >= 4 is 45.7 Å². The van der Waals surface area contributed by atoms with E-state index in [0.29, 0.717) is 0 Å². The van der Waals surface area contributed by atoms with Crippen LogP contribution in [0.2, 0.25) is 5.02 Å². The second-order valence-electron chi connectivity index (χ2n) is 7.68. The van der Waals surface area contributed by atoms with Crippen LogP contribution in [-0.2, 0) is 0 Å². The van der Waals surface area contributed by atoms with Crippen LogP contribution in [0, 0.1) is 13.8 Å². The lowest BCUT2D eigenvalue weighted by atomic mass is 9.79. The largest absolute Gasteiger partial charge is 0.307 e. The third-order valence-electron chi connectivity index (χ3n) is 5.82. The number of amidine groups is 2. The minimum Gasteiger partial charge on any atom is -0.307 e. The summed E-state index contributed by atoms with van der Waals surface area (Å²) in [5.74, 6) is 0.953. The first-order valence-corrected chi connectivity index (χ1v) is 11.5. The minimum atomic E-state index is -0.185. The van der Waals surface area contributed by atoms with E-state index < -0.39 is 0 Å². The SMILES string of the molecule is CSC1=NC(=Nc2c(C)cccc2C)C2(CCCCC2)N1c1cccc(Cl)c1. The molecule has 1 saturated carbocycles. The van der Waals surface area contributed by atoms with E-state index in [2.05, 4.69) is 49.3 Å². The number of hydrogen-bond acceptors (Lipinski definition) is 3. The summed E-state index contributed by atoms with van der Waals surface area (Å²) in [5, 5.41) is 1.76. The van der Waals surface area contributed by atoms with Gasteiger partial charge in [-0.1, -0.05) is 66.9 Å². The quantitative estimate of drug-likeness (QED) is 0.535. The molecular weight excluding hydrogens is 386 g/mol. The van der Waals surface area contributed by atoms with Crippen LogP contribution >= 0.6 is 23.4 Å². The Labute approximate surface area is 176 Å². The lowest BCUT2D eigenvalue weighted by molar-refractivity contribution is 0.385. The predicted octanol–water partition coefficient (Wildman–Crippen LogP) is 6.93. The average Bonchev–Trinajstić information content (AvgIpc) is 2.98. The first-order chi connectivity index (χ1) is 13.5. The van der Waals surface area contributed by atoms with Gasteiger partial charge < -0.3 is 4.90 Å². The first kappa shape index (κ1) is 19.5. The number of rotatable bonds is 2. The molecule has 1 aliphatic heterocycles. The van der Waals surface area contributed by atoms with Crippen molar-refractivity contribution in [3.8, 4) is 0 Å². The molecule has 3 nitrogen and oxygen atoms in total. The number of aryl methyl sites for hydroxylation is 2. The molecule has 0 N–H and O–H groups in total. The van der Waals surface area contributed by atoms with Crippen LogP contribution in [0.15, 0.2) is 52.4 Å². The van der Waals surface area contributed by atoms with Crippen molar-refractivity contribution in [2.45, 2.75) is 51.5 Å². The summed E-state index contributed by atoms with van der Waals surface area (Å²) in [4.78, 5) is 12.6. The summed E-state index contributed by atoms with van der Waals surface area (Å²) >= 11 is 8.03. The molecule has 0 atom stereocenters. The minimum absolute atomic E-state index is 0.185. The summed E-state index contributed by atoms with van der Waals surface area (Å²) in [6.45, 7) is 4.26. The molecule has 1 heterocycles. The monoisotopic (exact) mass is 411 g/mol. The van der Waals surface area contributed by atoms with Crippen molar-refractivity contribution in [2.24, 2.45) is 9.98 Å². The Morgan fingerprint density at radius 3 is 2.36 bits per heavy atom. The topological polar surface area (TPSA) is 28.0 Å². The number of benzene rings is 2. The Kier molecular flexibility index (Phi) is 5.52. The van der Waals surface area contributed by atoms with Gasteiger partial charge in [-0.05, 0) is 62.3 Å². The fraction of sp³-hybridized carbons (Fsp3) is 0.391. The molecule has 0 unspecified atom stereocenters. The van der Waals surface area contributed by atoms with Gasteiger partial charge in [-0.25, -0.2) is 9.98 Å². The molecule has 146 valence electrons. The molecule has 0 saturated heterocycles. The number of hydrogen-bond donors (Lipinski definition) is 0. The van der Waals surface area contributed by atoms with E-state index in [0.717, 1.165) is 40.2 Å². The maximum absolute atomic E-state index is 6.35. The lowest BCUT2D eigenvalue weighted by Gasteiger charge is -2.42. The Hall–Kier alpha value is -1.78. The molecule has 5 heteroatoms. The van der Waals surface area contributed by atoms with Crippen molar-refractivity contribution in [3.05, 3.63) is 58.6 Å². The fourth-order valence-corrected chi connectivity index (χ4v) is 5.26. The average molecular weight is 412 g/mol. The van der Waals surface area contributed by atoms with Gasteiger partial charge in [0.2, 0.25) is 0 Å². The van der Waals surface area contributed by atoms with Gasteiger partial charge in [-0.3, -0.25) is 0 Å². The van der Waals surface area contributed by atoms with Gasteiger partial charge >= 0.3 is 0 Å². The van der Waals surface area contributed by atoms with Gasteiger partial charge in [0.25, 0.3) is 0 Å². The molecule has 0 amide bonds. The highest BCUT2D eigenvalue weighted by molar-refractivity contribution is 8.13. The molecule has 2 aromatic rings. The van der Waals surface area contributed by atoms with Gasteiger partial charge in [0.1, 0.15) is 5.54 Å². The smallest absolute Gasteiger partial charge is 0.170 e. The number of aliphatic imine (C=N–C) groups is 2. The number of thioether (sulfide) groups is 1. The zero-order chi connectivity index (χ0) is 19.7. The third-order valence-corrected chi connectivity index (χ3v) is 6.70. The molecule has 1 spiro atoms. The highest BCUT2D eigenvalue weighted by atomic mass is 35.5. The molecule has 1 fully saturated rings. The Balaban J connectivity index is 1.89. The molecule has 1 aliphatic carbocycles. The van der Waals surface area contributed by atoms with E-state index in [9.17, 15) is 0 Å². The zero-order valence-electron chi connectivity index (χ0n) is 16.7. The van der Waals surface area contributed by atoms with Gasteiger partial charge in [-0.2, -0.15) is 0 Å². The maximum atomic E-state index is 6.35. The van der Waals surface area contributed by atoms with Crippen molar-refractivity contribution in [1.82, 2.24) is 0 Å². The van der Waals surface area contributed by atoms with Crippen molar-refractivity contribution in [2.75, 3.05) is 11.2 Å². The first-order valence-electron chi connectivity index (χ1n) is 9.89. The zero-order valence-corrected chi connectivity index (χ0v) is 18.3. The van der Waals surface area contributed by atoms with Crippen LogP contribution in [0.5, 0.6) is 0 Å². The Morgan fingerprint density at radius 2 is 1.71 bits per heavy atom. The number of nitrogens with zero attached hydrogens (tertiary/aromatic N) is 3. The van der Waals surface area contributed by atoms with Gasteiger partial charge in [0.05, 0.1) is 5.69 Å². The normalized spacial score (nSPS) is 20.1. The number of halogens is 1. The van der Waals surface area contributed by atoms with E-state index in [1.165, 1.54) is 30.4 Å². The molecule has 0 radical (unpaired) electrons. The van der Waals surface area contributed by atoms with Crippen LogP contribution in [0.4, 0.5) is 11.4 Å². The summed E-state index contributed by atoms with van der Waals surface area (Å²) < 4.78 is 0. The van der Waals surface area contributed by atoms with Crippen LogP contribution < -0.4 is 4.90 Å². The Morgan fingerprint density at radius 1 is 1.04 bits per heavy atom. The Bertz CT molecular complexity index is 924. The van der Waals surface area contributed by atoms with Crippen LogP contribution in [0.1, 0.15) is 43.2 Å². The number of anilines is 1. The molecule has 2 aliphatic rings. The molecule has 2 aromatic carbocycles. The van der Waals surface area contributed by atoms with Crippen LogP contribution in [0.25, 0.3) is 0 Å². The van der Waals surface area contributed by atoms with Gasteiger partial charge in [-0.15, -0.1) is 0 Å². The molecule has 28 heavy (non-hydrogen) atoms. The third kappa shape index (κ3) is 3.37. The van der Waals surface area contributed by atoms with Gasteiger partial charge in [0.15, 0.2) is 11.0 Å². The van der Waals surface area contributed by atoms with Gasteiger partial charge in [0, 0.05) is 10.7 Å². The number of para-hydroxylation sites is 1. The van der Waals surface area contributed by atoms with Crippen molar-refractivity contribution in [3.63, 3.8) is 0 Å². The summed E-state index contributed by atoms with van der Waals surface area (Å²) in [6, 6.07) is 14.5. The standard InChI is InChI=1S/C23H26ClN3S/c1-16-9-7-10-17(2)20(16)25-21-23(13-5-4-6-14-23)27(22(26-21)28-3)19-12-8-11-18(24)15-19/h7-12,15H,4-6,13-14H2,1-3H3. The van der Waals surface area contributed by atoms with E-state index in [4.69, 9.17) is 21.6 Å². The second-order valence-corrected chi connectivity index (χ2v) is 8.89. The van der Waals surface area contributed by atoms with Crippen molar-refractivity contribution in [1.29, 1.82) is 0 Å². The molecule has 4 rings (SSSR count). The molecular formula is C23H26ClN3S. The molecule has 0 aromatic heterocycles. The highest BCUT2D eigenvalue weighted by Crippen LogP contribution is 2.45. The van der Waals surface area contributed by atoms with E-state index in [1.807, 2.05) is 18.2 Å². The van der Waals surface area contributed by atoms with Crippen molar-refractivity contribution < 1.29 is 0 Å². The van der Waals surface area contributed by atoms with Crippen LogP contribution in [-0.4, -0.2) is 22.8 Å². The van der Waals surface area contributed by atoms with Crippen LogP contribution in [0.3, 0.4) is 0 Å². The summed E-state index contributed by atoms with van der Waals surface area (Å²) in [5.41, 5.74) is 4.37. The lowest BCUT2D eigenvalue weighted by Crippen LogP contribution is -2.52. The van der Waals surface area contributed by atoms with E-state index in [-0.39, 0.29) is 5.54 Å². The summed E-state index contributed by atoms with van der Waals surface area (Å²) in [7, 11) is 0. The van der Waals surface area contributed by atoms with E-state index in [1.54, 1.807) is 11.8 Å². The maximum Gasteiger partial charge on any atom is 0.170 e.